The van der Waals surface area contributed by atoms with Gasteiger partial charge in [0.1, 0.15) is 61.8 Å². The molecule has 4 aliphatic heterocycles. The number of likely N-dealkylation sites (N-methyl/N-ethyl adjacent to an activating group) is 1. The molecule has 14 rings (SSSR count). The van der Waals surface area contributed by atoms with Crippen molar-refractivity contribution >= 4 is 62.2 Å². The smallest absolute Gasteiger partial charge is 0.315 e. The van der Waals surface area contributed by atoms with Crippen molar-refractivity contribution in [2.75, 3.05) is 83.3 Å². The molecule has 3 aromatic carbocycles. The molecular weight excluding hydrogens is 1240 g/mol. The fourth-order valence-electron chi connectivity index (χ4n) is 10.7. The Labute approximate surface area is 542 Å². The van der Waals surface area contributed by atoms with Crippen LogP contribution in [0.1, 0.15) is 85.1 Å². The molecule has 2 atom stereocenters. The quantitative estimate of drug-likeness (QED) is 0.0599. The molecule has 30 heteroatoms. The Kier molecular flexibility index (Phi) is 20.5. The summed E-state index contributed by atoms with van der Waals surface area (Å²) in [5, 5.41) is 15.7. The number of unbranched alkanes of at least 4 members (excludes halogenated alkanes) is 2. The van der Waals surface area contributed by atoms with Crippen LogP contribution in [-0.2, 0) is 24.8 Å². The number of rotatable bonds is 22. The molecule has 476 valence electrons. The largest absolute Gasteiger partial charge is 0.486 e. The van der Waals surface area contributed by atoms with Crippen LogP contribution in [0, 0.1) is 0 Å². The molecule has 4 aliphatic rings. The van der Waals surface area contributed by atoms with Gasteiger partial charge in [-0.2, -0.15) is 28.5 Å². The summed E-state index contributed by atoms with van der Waals surface area (Å²) in [7, 11) is 4.25. The highest BCUT2D eigenvalue weighted by Gasteiger charge is 2.36. The number of carbonyl (C=O) groups is 1. The van der Waals surface area contributed by atoms with E-state index in [1.807, 2.05) is 68.2 Å². The van der Waals surface area contributed by atoms with Gasteiger partial charge in [-0.05, 0) is 137 Å². The molecule has 0 radical (unpaired) electrons. The van der Waals surface area contributed by atoms with Crippen molar-refractivity contribution in [3.8, 4) is 52.3 Å². The minimum Gasteiger partial charge on any atom is -0.486 e. The molecule has 2 amide bonds. The molecule has 2 unspecified atom stereocenters. The zero-order valence-electron chi connectivity index (χ0n) is 50.9. The number of anilines is 2. The number of ether oxygens (including phenoxy) is 6. The number of aromatic nitrogens is 14. The zero-order valence-corrected chi connectivity index (χ0v) is 54.2. The van der Waals surface area contributed by atoms with Crippen LogP contribution < -0.4 is 48.9 Å². The van der Waals surface area contributed by atoms with Crippen molar-refractivity contribution < 1.29 is 33.2 Å². The third-order valence-electron chi connectivity index (χ3n) is 15.4. The Balaban J connectivity index is 0.000000134. The lowest BCUT2D eigenvalue weighted by Crippen LogP contribution is -2.48. The number of amides is 2. The second kappa shape index (κ2) is 29.9. The summed E-state index contributed by atoms with van der Waals surface area (Å²) < 4.78 is 51.7. The highest BCUT2D eigenvalue weighted by Crippen LogP contribution is 2.41. The molecule has 7 aromatic heterocycles. The van der Waals surface area contributed by atoms with Gasteiger partial charge in [0.05, 0.1) is 11.6 Å². The van der Waals surface area contributed by atoms with Gasteiger partial charge in [0, 0.05) is 98.7 Å². The molecule has 0 spiro atoms. The predicted molar refractivity (Wildman–Crippen MR) is 347 cm³/mol. The van der Waals surface area contributed by atoms with Crippen LogP contribution >= 0.6 is 45.9 Å². The molecule has 1 saturated heterocycles. The van der Waals surface area contributed by atoms with E-state index < -0.39 is 5.54 Å². The summed E-state index contributed by atoms with van der Waals surface area (Å²) in [5.41, 5.74) is 2.98. The Hall–Kier alpha value is -8.84. The average Bonchev–Trinajstić information content (AvgIpc) is 1.88. The molecule has 0 bridgehead atoms. The Morgan fingerprint density at radius 2 is 1.31 bits per heavy atom. The third kappa shape index (κ3) is 16.2. The minimum absolute atomic E-state index is 0.221. The minimum atomic E-state index is -0.655. The molecule has 11 heterocycles. The normalized spacial score (nSPS) is 15.5. The highest BCUT2D eigenvalue weighted by atomic mass is 32.1. The van der Waals surface area contributed by atoms with Crippen molar-refractivity contribution in [1.29, 1.82) is 0 Å². The maximum Gasteiger partial charge on any atom is 0.315 e. The molecule has 2 N–H and O–H groups in total. The molecule has 91 heavy (non-hydrogen) atoms. The standard InChI is InChI=1S/C25H29N7O2S2.C19H22N6O3S.C17H20N6O2S/c1-30(10-7-18-5-6-21-22(15-18)34-13-12-33-21)16-19-3-2-4-20(23-27-9-14-35-23)32(19)25-28-24(29-36-25)31-11-8-26-17-31;1-19(2,16-22-17(24-29-16)25-8-7-20-12-25)23-18(26)21-6-5-13-3-4-14-15(11-13)28-10-9-27-14;1-22(17-20-16(21-26-17)23-11-18-10-19-23)8-4-2-3-5-13-6-7-14-15(9-13)25-12-24-14/h5-6,8-9,11,14-15,17,19-20H,2-4,7,10,12-13,16H2,1H3;3-4,7-8,11-12H,5-6,9-10H2,1-2H3,(H2,21,23,26);6-7,9-11H,2-5,8,12H2,1H3. The summed E-state index contributed by atoms with van der Waals surface area (Å²) in [6, 6.07) is 18.6. The Morgan fingerprint density at radius 1 is 0.659 bits per heavy atom. The van der Waals surface area contributed by atoms with Gasteiger partial charge in [0.2, 0.25) is 29.0 Å². The summed E-state index contributed by atoms with van der Waals surface area (Å²) in [4.78, 5) is 50.1. The summed E-state index contributed by atoms with van der Waals surface area (Å²) in [6.07, 6.45) is 24.9. The molecule has 26 nitrogen and oxygen atoms in total. The summed E-state index contributed by atoms with van der Waals surface area (Å²) in [6.45, 7) is 9.84. The zero-order chi connectivity index (χ0) is 62.4. The molecule has 0 saturated carbocycles. The number of hydrogen-bond donors (Lipinski definition) is 2. The van der Waals surface area contributed by atoms with Crippen molar-refractivity contribution in [1.82, 2.24) is 82.5 Å². The first-order valence-corrected chi connectivity index (χ1v) is 33.4. The van der Waals surface area contributed by atoms with E-state index in [1.54, 1.807) is 58.2 Å². The van der Waals surface area contributed by atoms with Crippen LogP contribution in [0.25, 0.3) is 17.8 Å². The van der Waals surface area contributed by atoms with Gasteiger partial charge in [0.15, 0.2) is 34.5 Å². The lowest BCUT2D eigenvalue weighted by atomic mass is 9.95. The van der Waals surface area contributed by atoms with Crippen LogP contribution in [0.15, 0.2) is 116 Å². The number of aryl methyl sites for hydroxylation is 1. The van der Waals surface area contributed by atoms with E-state index in [0.717, 1.165) is 120 Å². The fraction of sp³-hybridized carbons (Fsp3) is 0.410. The van der Waals surface area contributed by atoms with Gasteiger partial charge in [-0.1, -0.05) is 24.6 Å². The molecular formula is C61H71N19O7S4. The first-order chi connectivity index (χ1) is 44.5. The Bertz CT molecular complexity index is 3880. The highest BCUT2D eigenvalue weighted by molar-refractivity contribution is 7.10. The van der Waals surface area contributed by atoms with E-state index in [4.69, 9.17) is 33.4 Å². The lowest BCUT2D eigenvalue weighted by molar-refractivity contribution is 0.171. The molecule has 0 aliphatic carbocycles. The maximum atomic E-state index is 12.4. The number of hydrogen-bond acceptors (Lipinski definition) is 25. The van der Waals surface area contributed by atoms with E-state index in [2.05, 4.69) is 110 Å². The number of imidazole rings is 2. The van der Waals surface area contributed by atoms with E-state index in [-0.39, 0.29) is 12.1 Å². The second-order valence-electron chi connectivity index (χ2n) is 22.5. The maximum absolute atomic E-state index is 12.4. The average molecular weight is 1310 g/mol. The van der Waals surface area contributed by atoms with Gasteiger partial charge in [-0.25, -0.2) is 29.7 Å². The first-order valence-electron chi connectivity index (χ1n) is 30.2. The second-order valence-corrected chi connectivity index (χ2v) is 25.6. The van der Waals surface area contributed by atoms with Gasteiger partial charge in [0.25, 0.3) is 5.95 Å². The lowest BCUT2D eigenvalue weighted by Gasteiger charge is -2.42. The Morgan fingerprint density at radius 3 is 1.99 bits per heavy atom. The van der Waals surface area contributed by atoms with Crippen molar-refractivity contribution in [2.24, 2.45) is 0 Å². The number of urea groups is 1. The SMILES string of the molecule is CC(C)(NC(=O)NCCc1ccc2c(c1)OCCO2)c1nc(-n2ccnc2)ns1.CN(CCCCCc1ccc2c(c1)OCO2)c1nc(-n2cncn2)ns1.CN(CCc1ccc2c(c1)OCCO2)CC1CCCC(c2nccs2)N1c1nc(-n2ccnc2)ns1. The van der Waals surface area contributed by atoms with Crippen LogP contribution in [0.3, 0.4) is 0 Å². The predicted octanol–water partition coefficient (Wildman–Crippen LogP) is 9.19. The van der Waals surface area contributed by atoms with Crippen molar-refractivity contribution in [3.63, 3.8) is 0 Å². The van der Waals surface area contributed by atoms with E-state index in [1.165, 1.54) is 58.5 Å². The van der Waals surface area contributed by atoms with E-state index in [9.17, 15) is 4.79 Å². The van der Waals surface area contributed by atoms with Crippen molar-refractivity contribution in [3.05, 3.63) is 143 Å². The number of fused-ring (bicyclic) bond motifs is 3. The number of benzene rings is 3. The van der Waals surface area contributed by atoms with Gasteiger partial charge in [-0.3, -0.25) is 9.13 Å². The summed E-state index contributed by atoms with van der Waals surface area (Å²) >= 11 is 5.81. The van der Waals surface area contributed by atoms with Crippen LogP contribution in [0.2, 0.25) is 0 Å². The van der Waals surface area contributed by atoms with Gasteiger partial charge < -0.3 is 53.8 Å². The number of nitrogens with one attached hydrogen (secondary N) is 2. The third-order valence-corrected chi connectivity index (χ3v) is 18.9. The van der Waals surface area contributed by atoms with Gasteiger partial charge >= 0.3 is 6.03 Å². The number of nitrogens with zero attached hydrogens (tertiary/aromatic N) is 17. The van der Waals surface area contributed by atoms with Crippen molar-refractivity contribution in [2.45, 2.75) is 89.3 Å². The van der Waals surface area contributed by atoms with Crippen LogP contribution in [0.4, 0.5) is 15.1 Å². The first kappa shape index (κ1) is 62.4. The summed E-state index contributed by atoms with van der Waals surface area (Å²) in [5.74, 6) is 6.70. The number of thiazole rings is 1. The number of carbonyl (C=O) groups excluding carboxylic acids is 1. The van der Waals surface area contributed by atoms with Gasteiger partial charge in [-0.15, -0.1) is 15.7 Å². The molecule has 10 aromatic rings. The number of piperidine rings is 1. The monoisotopic (exact) mass is 1310 g/mol. The fourth-order valence-corrected chi connectivity index (χ4v) is 13.6. The van der Waals surface area contributed by atoms with Crippen LogP contribution in [0.5, 0.6) is 34.5 Å². The molecule has 1 fully saturated rings. The topological polar surface area (TPSA) is 263 Å². The van der Waals surface area contributed by atoms with E-state index in [0.29, 0.717) is 75.1 Å². The van der Waals surface area contributed by atoms with E-state index >= 15 is 0 Å². The van der Waals surface area contributed by atoms with Crippen LogP contribution in [-0.4, -0.2) is 157 Å².